The molecule has 4 atom stereocenters. The van der Waals surface area contributed by atoms with Gasteiger partial charge in [-0.3, -0.25) is 9.59 Å². The number of sulfone groups is 1. The number of benzene rings is 1. The Kier molecular flexibility index (Phi) is 5.89. The molecule has 0 spiro atoms. The van der Waals surface area contributed by atoms with Crippen molar-refractivity contribution in [2.45, 2.75) is 43.3 Å². The number of esters is 1. The molecule has 0 heterocycles. The van der Waals surface area contributed by atoms with Crippen LogP contribution in [-0.2, 0) is 24.2 Å². The third-order valence-electron chi connectivity index (χ3n) is 5.74. The first kappa shape index (κ1) is 20.5. The summed E-state index contributed by atoms with van der Waals surface area (Å²) >= 11 is 0. The Morgan fingerprint density at radius 3 is 2.61 bits per heavy atom. The molecule has 0 unspecified atom stereocenters. The minimum Gasteiger partial charge on any atom is -0.465 e. The Balaban J connectivity index is 2.17. The molecule has 0 aromatic heterocycles. The normalized spacial score (nSPS) is 31.4. The largest absolute Gasteiger partial charge is 0.465 e. The molecule has 6 heteroatoms. The number of carbonyl (C=O) groups excluding carboxylic acids is 2. The van der Waals surface area contributed by atoms with Gasteiger partial charge in [0.2, 0.25) is 0 Å². The molecule has 0 radical (unpaired) electrons. The lowest BCUT2D eigenvalue weighted by Crippen LogP contribution is -2.51. The summed E-state index contributed by atoms with van der Waals surface area (Å²) in [5, 5.41) is -0.854. The molecule has 0 saturated heterocycles. The number of carbonyl (C=O) groups is 2. The van der Waals surface area contributed by atoms with Gasteiger partial charge in [0.15, 0.2) is 15.6 Å². The van der Waals surface area contributed by atoms with E-state index in [0.29, 0.717) is 12.8 Å². The average molecular weight is 403 g/mol. The van der Waals surface area contributed by atoms with Gasteiger partial charge in [-0.1, -0.05) is 43.4 Å². The molecule has 0 amide bonds. The third kappa shape index (κ3) is 3.70. The minimum absolute atomic E-state index is 0.141. The number of ketones is 1. The molecule has 2 aliphatic rings. The van der Waals surface area contributed by atoms with Crippen LogP contribution in [0.1, 0.15) is 33.1 Å². The Morgan fingerprint density at radius 1 is 1.21 bits per heavy atom. The van der Waals surface area contributed by atoms with Crippen molar-refractivity contribution >= 4 is 21.6 Å². The summed E-state index contributed by atoms with van der Waals surface area (Å²) in [5.74, 6) is -2.87. The minimum atomic E-state index is -3.74. The van der Waals surface area contributed by atoms with Crippen molar-refractivity contribution in [3.8, 4) is 0 Å². The third-order valence-corrected chi connectivity index (χ3v) is 7.99. The van der Waals surface area contributed by atoms with E-state index >= 15 is 0 Å². The fraction of sp³-hybridized carbons (Fsp3) is 0.455. The van der Waals surface area contributed by atoms with Crippen LogP contribution in [0.5, 0.6) is 0 Å². The van der Waals surface area contributed by atoms with Crippen LogP contribution in [0, 0.1) is 17.3 Å². The van der Waals surface area contributed by atoms with Crippen molar-refractivity contribution in [2.75, 3.05) is 6.61 Å². The van der Waals surface area contributed by atoms with E-state index in [2.05, 4.69) is 0 Å². The van der Waals surface area contributed by atoms with E-state index in [9.17, 15) is 18.0 Å². The van der Waals surface area contributed by atoms with Gasteiger partial charge in [-0.25, -0.2) is 8.42 Å². The number of allylic oxidation sites excluding steroid dienone is 4. The zero-order chi connectivity index (χ0) is 20.4. The van der Waals surface area contributed by atoms with Crippen LogP contribution < -0.4 is 0 Å². The van der Waals surface area contributed by atoms with Gasteiger partial charge in [0.05, 0.1) is 16.8 Å². The maximum Gasteiger partial charge on any atom is 0.317 e. The molecule has 5 nitrogen and oxygen atoms in total. The van der Waals surface area contributed by atoms with Crippen LogP contribution in [0.4, 0.5) is 0 Å². The van der Waals surface area contributed by atoms with Gasteiger partial charge in [-0.2, -0.15) is 0 Å². The highest BCUT2D eigenvalue weighted by Crippen LogP contribution is 2.48. The Morgan fingerprint density at radius 2 is 1.93 bits per heavy atom. The molecular weight excluding hydrogens is 376 g/mol. The zero-order valence-corrected chi connectivity index (χ0v) is 17.0. The highest BCUT2D eigenvalue weighted by molar-refractivity contribution is 7.92. The highest BCUT2D eigenvalue weighted by Gasteiger charge is 2.53. The predicted octanol–water partition coefficient (Wildman–Crippen LogP) is 3.51. The van der Waals surface area contributed by atoms with Crippen LogP contribution in [0.15, 0.2) is 59.5 Å². The molecule has 28 heavy (non-hydrogen) atoms. The van der Waals surface area contributed by atoms with Gasteiger partial charge < -0.3 is 4.74 Å². The van der Waals surface area contributed by atoms with E-state index in [4.69, 9.17) is 4.74 Å². The van der Waals surface area contributed by atoms with Crippen molar-refractivity contribution in [2.24, 2.45) is 17.3 Å². The molecule has 0 aliphatic heterocycles. The van der Waals surface area contributed by atoms with E-state index in [-0.39, 0.29) is 17.3 Å². The number of hydrogen-bond acceptors (Lipinski definition) is 5. The second kappa shape index (κ2) is 8.03. The van der Waals surface area contributed by atoms with Crippen molar-refractivity contribution in [1.82, 2.24) is 0 Å². The lowest BCUT2D eigenvalue weighted by atomic mass is 9.62. The smallest absolute Gasteiger partial charge is 0.317 e. The first-order valence-corrected chi connectivity index (χ1v) is 11.2. The summed E-state index contributed by atoms with van der Waals surface area (Å²) in [4.78, 5) is 25.6. The molecule has 1 aromatic rings. The van der Waals surface area contributed by atoms with E-state index < -0.39 is 38.3 Å². The van der Waals surface area contributed by atoms with Crippen LogP contribution in [0.2, 0.25) is 0 Å². The Hall–Kier alpha value is -2.21. The molecule has 0 N–H and O–H groups in total. The van der Waals surface area contributed by atoms with Crippen molar-refractivity contribution in [3.05, 3.63) is 54.6 Å². The molecule has 0 bridgehead atoms. The summed E-state index contributed by atoms with van der Waals surface area (Å²) in [6.07, 6.45) is 8.92. The van der Waals surface area contributed by atoms with E-state index in [1.54, 1.807) is 43.3 Å². The number of ether oxygens (including phenoxy) is 1. The van der Waals surface area contributed by atoms with Gasteiger partial charge in [0, 0.05) is 11.3 Å². The average Bonchev–Trinajstić information content (AvgIpc) is 2.66. The summed E-state index contributed by atoms with van der Waals surface area (Å²) in [6, 6.07) is 8.27. The van der Waals surface area contributed by atoms with Gasteiger partial charge in [-0.15, -0.1) is 0 Å². The van der Waals surface area contributed by atoms with E-state index in [0.717, 1.165) is 6.42 Å². The molecule has 1 aromatic carbocycles. The quantitative estimate of drug-likeness (QED) is 0.438. The Bertz CT molecular complexity index is 900. The molecule has 0 saturated carbocycles. The van der Waals surface area contributed by atoms with Crippen molar-refractivity contribution < 1.29 is 22.7 Å². The summed E-state index contributed by atoms with van der Waals surface area (Å²) in [5.41, 5.74) is -0.724. The number of fused-ring (bicyclic) bond motifs is 1. The summed E-state index contributed by atoms with van der Waals surface area (Å²) in [6.45, 7) is 3.71. The second-order valence-electron chi connectivity index (χ2n) is 7.59. The predicted molar refractivity (Wildman–Crippen MR) is 106 cm³/mol. The maximum atomic E-state index is 13.6. The monoisotopic (exact) mass is 402 g/mol. The van der Waals surface area contributed by atoms with Crippen LogP contribution >= 0.6 is 0 Å². The SMILES string of the molecule is CCOC(=O)[C@@H]1C(=O)C=C[C@@]2(C)/C=C\CCC[C@@H](S(=O)(=O)c3ccccc3)[C@@H]12. The lowest BCUT2D eigenvalue weighted by molar-refractivity contribution is -0.154. The van der Waals surface area contributed by atoms with E-state index in [1.165, 1.54) is 6.08 Å². The van der Waals surface area contributed by atoms with Crippen LogP contribution in [0.25, 0.3) is 0 Å². The maximum absolute atomic E-state index is 13.6. The van der Waals surface area contributed by atoms with Crippen molar-refractivity contribution in [3.63, 3.8) is 0 Å². The summed E-state index contributed by atoms with van der Waals surface area (Å²) < 4.78 is 32.3. The summed E-state index contributed by atoms with van der Waals surface area (Å²) in [7, 11) is -3.74. The molecule has 2 aliphatic carbocycles. The first-order valence-electron chi connectivity index (χ1n) is 9.67. The fourth-order valence-electron chi connectivity index (χ4n) is 4.38. The molecule has 0 fully saturated rings. The van der Waals surface area contributed by atoms with Gasteiger partial charge in [-0.05, 0) is 44.4 Å². The second-order valence-corrected chi connectivity index (χ2v) is 9.75. The highest BCUT2D eigenvalue weighted by atomic mass is 32.2. The molecule has 150 valence electrons. The van der Waals surface area contributed by atoms with Crippen LogP contribution in [-0.4, -0.2) is 32.0 Å². The van der Waals surface area contributed by atoms with Gasteiger partial charge >= 0.3 is 5.97 Å². The number of rotatable bonds is 4. The van der Waals surface area contributed by atoms with Crippen molar-refractivity contribution in [1.29, 1.82) is 0 Å². The molecular formula is C22H26O5S. The lowest BCUT2D eigenvalue weighted by Gasteiger charge is -2.44. The standard InChI is InChI=1S/C22H26O5S/c1-3-27-21(24)19-17(23)13-15-22(2)14-9-5-8-12-18(20(19)22)28(25,26)16-10-6-4-7-11-16/h4,6-7,9-11,13-15,18-20H,3,5,8,12H2,1-2H3/b14-9-/t18-,19-,20+,22-/m1/s1. The Labute approximate surface area is 166 Å². The van der Waals surface area contributed by atoms with Gasteiger partial charge in [0.25, 0.3) is 0 Å². The van der Waals surface area contributed by atoms with E-state index in [1.807, 2.05) is 19.1 Å². The zero-order valence-electron chi connectivity index (χ0n) is 16.2. The van der Waals surface area contributed by atoms with Gasteiger partial charge in [0.1, 0.15) is 5.92 Å². The fourth-order valence-corrected chi connectivity index (χ4v) is 6.58. The molecule has 3 rings (SSSR count). The number of hydrogen-bond donors (Lipinski definition) is 0. The first-order chi connectivity index (χ1) is 13.3. The topological polar surface area (TPSA) is 77.5 Å². The van der Waals surface area contributed by atoms with Crippen LogP contribution in [0.3, 0.4) is 0 Å².